The van der Waals surface area contributed by atoms with Gasteiger partial charge in [-0.05, 0) is 23.6 Å². The van der Waals surface area contributed by atoms with Crippen molar-refractivity contribution in [2.75, 3.05) is 11.9 Å². The van der Waals surface area contributed by atoms with Crippen LogP contribution in [-0.4, -0.2) is 16.7 Å². The SMILES string of the molecule is CC(C)[C@H](CO)[C@H](Nc1nc2ccccc2s1)c1ccccc1. The molecule has 0 unspecified atom stereocenters. The zero-order valence-electron chi connectivity index (χ0n) is 13.4. The van der Waals surface area contributed by atoms with Gasteiger partial charge in [0.25, 0.3) is 0 Å². The molecule has 0 saturated carbocycles. The fourth-order valence-corrected chi connectivity index (χ4v) is 3.77. The Morgan fingerprint density at radius 2 is 1.74 bits per heavy atom. The van der Waals surface area contributed by atoms with Crippen molar-refractivity contribution in [1.82, 2.24) is 4.98 Å². The fourth-order valence-electron chi connectivity index (χ4n) is 2.87. The second-order valence-electron chi connectivity index (χ2n) is 6.11. The van der Waals surface area contributed by atoms with Crippen LogP contribution in [0.3, 0.4) is 0 Å². The van der Waals surface area contributed by atoms with Crippen molar-refractivity contribution in [3.05, 3.63) is 60.2 Å². The third-order valence-electron chi connectivity index (χ3n) is 4.23. The van der Waals surface area contributed by atoms with Crippen molar-refractivity contribution in [2.24, 2.45) is 11.8 Å². The summed E-state index contributed by atoms with van der Waals surface area (Å²) < 4.78 is 1.17. The molecule has 0 saturated heterocycles. The minimum absolute atomic E-state index is 0.0433. The summed E-state index contributed by atoms with van der Waals surface area (Å²) in [5.74, 6) is 0.497. The topological polar surface area (TPSA) is 45.1 Å². The maximum Gasteiger partial charge on any atom is 0.184 e. The van der Waals surface area contributed by atoms with Gasteiger partial charge >= 0.3 is 0 Å². The molecule has 0 spiro atoms. The summed E-state index contributed by atoms with van der Waals surface area (Å²) in [6.45, 7) is 4.45. The number of aliphatic hydroxyl groups excluding tert-OH is 1. The molecule has 4 heteroatoms. The normalized spacial score (nSPS) is 14.1. The number of nitrogens with one attached hydrogen (secondary N) is 1. The molecule has 1 heterocycles. The van der Waals surface area contributed by atoms with E-state index < -0.39 is 0 Å². The number of benzene rings is 2. The number of aromatic nitrogens is 1. The van der Waals surface area contributed by atoms with Crippen LogP contribution in [0.25, 0.3) is 10.2 Å². The number of rotatable bonds is 6. The standard InChI is InChI=1S/C19H22N2OS/c1-13(2)15(12-22)18(14-8-4-3-5-9-14)21-19-20-16-10-6-7-11-17(16)23-19/h3-11,13,15,18,22H,12H2,1-2H3,(H,20,21)/t15-,18+/m0/s1. The van der Waals surface area contributed by atoms with Gasteiger partial charge in [0.15, 0.2) is 5.13 Å². The Kier molecular flexibility index (Phi) is 4.94. The van der Waals surface area contributed by atoms with Crippen LogP contribution >= 0.6 is 11.3 Å². The predicted octanol–water partition coefficient (Wildman–Crippen LogP) is 4.71. The number of fused-ring (bicyclic) bond motifs is 1. The average Bonchev–Trinajstić information content (AvgIpc) is 2.97. The van der Waals surface area contributed by atoms with E-state index in [1.54, 1.807) is 11.3 Å². The van der Waals surface area contributed by atoms with E-state index in [4.69, 9.17) is 0 Å². The molecule has 120 valence electrons. The Balaban J connectivity index is 1.94. The van der Waals surface area contributed by atoms with E-state index in [1.807, 2.05) is 36.4 Å². The van der Waals surface area contributed by atoms with Gasteiger partial charge < -0.3 is 10.4 Å². The Morgan fingerprint density at radius 3 is 2.39 bits per heavy atom. The van der Waals surface area contributed by atoms with Gasteiger partial charge in [-0.2, -0.15) is 0 Å². The Morgan fingerprint density at radius 1 is 1.04 bits per heavy atom. The summed E-state index contributed by atoms with van der Waals surface area (Å²) in [6.07, 6.45) is 0. The van der Waals surface area contributed by atoms with Gasteiger partial charge in [-0.15, -0.1) is 0 Å². The Labute approximate surface area is 141 Å². The lowest BCUT2D eigenvalue weighted by molar-refractivity contribution is 0.172. The molecular formula is C19H22N2OS. The van der Waals surface area contributed by atoms with Gasteiger partial charge in [-0.1, -0.05) is 67.6 Å². The number of thiazole rings is 1. The Bertz CT molecular complexity index is 721. The molecule has 0 amide bonds. The number of hydrogen-bond donors (Lipinski definition) is 2. The first-order valence-electron chi connectivity index (χ1n) is 7.97. The van der Waals surface area contributed by atoms with Crippen LogP contribution in [0.5, 0.6) is 0 Å². The van der Waals surface area contributed by atoms with E-state index in [2.05, 4.69) is 42.3 Å². The number of anilines is 1. The van der Waals surface area contributed by atoms with Gasteiger partial charge in [0.2, 0.25) is 0 Å². The molecule has 0 fully saturated rings. The van der Waals surface area contributed by atoms with E-state index in [9.17, 15) is 5.11 Å². The lowest BCUT2D eigenvalue weighted by Gasteiger charge is -2.29. The summed E-state index contributed by atoms with van der Waals surface area (Å²) in [5, 5.41) is 14.4. The van der Waals surface area contributed by atoms with Crippen LogP contribution in [0.15, 0.2) is 54.6 Å². The van der Waals surface area contributed by atoms with Crippen LogP contribution in [0.2, 0.25) is 0 Å². The monoisotopic (exact) mass is 326 g/mol. The van der Waals surface area contributed by atoms with E-state index in [0.717, 1.165) is 10.6 Å². The molecule has 2 N–H and O–H groups in total. The van der Waals surface area contributed by atoms with Crippen molar-refractivity contribution >= 4 is 26.7 Å². The molecule has 0 aliphatic rings. The summed E-state index contributed by atoms with van der Waals surface area (Å²) in [7, 11) is 0. The average molecular weight is 326 g/mol. The lowest BCUT2D eigenvalue weighted by atomic mass is 9.85. The highest BCUT2D eigenvalue weighted by Crippen LogP contribution is 2.34. The molecule has 3 aromatic rings. The van der Waals surface area contributed by atoms with Crippen molar-refractivity contribution in [3.63, 3.8) is 0 Å². The number of aliphatic hydroxyl groups is 1. The highest BCUT2D eigenvalue weighted by Gasteiger charge is 2.26. The highest BCUT2D eigenvalue weighted by molar-refractivity contribution is 7.22. The first-order valence-corrected chi connectivity index (χ1v) is 8.78. The van der Waals surface area contributed by atoms with Gasteiger partial charge in [-0.25, -0.2) is 4.98 Å². The van der Waals surface area contributed by atoms with E-state index in [-0.39, 0.29) is 18.6 Å². The quantitative estimate of drug-likeness (QED) is 0.689. The van der Waals surface area contributed by atoms with Crippen LogP contribution in [-0.2, 0) is 0 Å². The van der Waals surface area contributed by atoms with Gasteiger partial charge in [0, 0.05) is 12.5 Å². The fraction of sp³-hybridized carbons (Fsp3) is 0.316. The molecule has 2 atom stereocenters. The molecule has 3 rings (SSSR count). The van der Waals surface area contributed by atoms with Gasteiger partial charge in [0.1, 0.15) is 0 Å². The van der Waals surface area contributed by atoms with Crippen molar-refractivity contribution < 1.29 is 5.11 Å². The van der Waals surface area contributed by atoms with Gasteiger partial charge in [-0.3, -0.25) is 0 Å². The molecule has 0 radical (unpaired) electrons. The zero-order chi connectivity index (χ0) is 16.2. The minimum Gasteiger partial charge on any atom is -0.396 e. The summed E-state index contributed by atoms with van der Waals surface area (Å²) >= 11 is 1.66. The number of para-hydroxylation sites is 1. The van der Waals surface area contributed by atoms with Crippen molar-refractivity contribution in [3.8, 4) is 0 Å². The largest absolute Gasteiger partial charge is 0.396 e. The number of nitrogens with zero attached hydrogens (tertiary/aromatic N) is 1. The molecule has 3 nitrogen and oxygen atoms in total. The van der Waals surface area contributed by atoms with Crippen LogP contribution in [0.1, 0.15) is 25.5 Å². The molecule has 0 aliphatic heterocycles. The summed E-state index contributed by atoms with van der Waals surface area (Å²) in [4.78, 5) is 4.68. The van der Waals surface area contributed by atoms with Crippen LogP contribution in [0.4, 0.5) is 5.13 Å². The molecule has 0 aliphatic carbocycles. The lowest BCUT2D eigenvalue weighted by Crippen LogP contribution is -2.28. The third-order valence-corrected chi connectivity index (χ3v) is 5.19. The maximum atomic E-state index is 9.89. The molecule has 2 aromatic carbocycles. The van der Waals surface area contributed by atoms with E-state index in [0.29, 0.717) is 5.92 Å². The van der Waals surface area contributed by atoms with Gasteiger partial charge in [0.05, 0.1) is 16.3 Å². The second kappa shape index (κ2) is 7.11. The molecule has 1 aromatic heterocycles. The van der Waals surface area contributed by atoms with Crippen LogP contribution in [0, 0.1) is 11.8 Å². The first-order chi connectivity index (χ1) is 11.2. The van der Waals surface area contributed by atoms with Crippen molar-refractivity contribution in [1.29, 1.82) is 0 Å². The van der Waals surface area contributed by atoms with E-state index in [1.165, 1.54) is 10.3 Å². The molecule has 0 bridgehead atoms. The smallest absolute Gasteiger partial charge is 0.184 e. The van der Waals surface area contributed by atoms with E-state index >= 15 is 0 Å². The molecule has 23 heavy (non-hydrogen) atoms. The molecular weight excluding hydrogens is 304 g/mol. The van der Waals surface area contributed by atoms with Crippen LogP contribution < -0.4 is 5.32 Å². The third kappa shape index (κ3) is 3.54. The predicted molar refractivity (Wildman–Crippen MR) is 97.8 cm³/mol. The highest BCUT2D eigenvalue weighted by atomic mass is 32.1. The summed E-state index contributed by atoms with van der Waals surface area (Å²) in [5.41, 5.74) is 2.19. The maximum absolute atomic E-state index is 9.89. The van der Waals surface area contributed by atoms with Crippen molar-refractivity contribution in [2.45, 2.75) is 19.9 Å². The Hall–Kier alpha value is -1.91. The zero-order valence-corrected chi connectivity index (χ0v) is 14.3. The minimum atomic E-state index is 0.0433. The number of hydrogen-bond acceptors (Lipinski definition) is 4. The second-order valence-corrected chi connectivity index (χ2v) is 7.14. The first kappa shape index (κ1) is 16.0. The summed E-state index contributed by atoms with van der Waals surface area (Å²) in [6, 6.07) is 18.5.